The maximum atomic E-state index is 13.0. The summed E-state index contributed by atoms with van der Waals surface area (Å²) in [6.45, 7) is 5.51. The number of ketones is 1. The number of benzene rings is 2. The number of nitrogens with zero attached hydrogens (tertiary/aromatic N) is 2. The monoisotopic (exact) mass is 499 g/mol. The molecule has 0 saturated carbocycles. The van der Waals surface area contributed by atoms with E-state index in [-0.39, 0.29) is 41.7 Å². The van der Waals surface area contributed by atoms with Gasteiger partial charge in [-0.3, -0.25) is 14.5 Å². The van der Waals surface area contributed by atoms with E-state index in [0.29, 0.717) is 31.6 Å². The van der Waals surface area contributed by atoms with Gasteiger partial charge in [-0.15, -0.1) is 0 Å². The molecule has 1 atom stereocenters. The first-order chi connectivity index (χ1) is 16.8. The van der Waals surface area contributed by atoms with Crippen LogP contribution in [0.25, 0.3) is 0 Å². The Morgan fingerprint density at radius 1 is 1.03 bits per heavy atom. The van der Waals surface area contributed by atoms with Crippen molar-refractivity contribution in [1.29, 1.82) is 0 Å². The first kappa shape index (κ1) is 25.5. The molecule has 2 aromatic carbocycles. The van der Waals surface area contributed by atoms with Gasteiger partial charge < -0.3 is 10.1 Å². The van der Waals surface area contributed by atoms with Gasteiger partial charge in [-0.25, -0.2) is 8.42 Å². The number of sulfonamides is 1. The molecule has 1 N–H and O–H groups in total. The number of Topliss-reactive ketones (excluding diaryl/α,β-unsaturated/α-hetero) is 1. The number of hydrogen-bond donors (Lipinski definition) is 1. The van der Waals surface area contributed by atoms with Crippen molar-refractivity contribution in [3.8, 4) is 0 Å². The Balaban J connectivity index is 1.25. The number of nitrogens with one attached hydrogen (secondary N) is 1. The van der Waals surface area contributed by atoms with Crippen molar-refractivity contribution >= 4 is 21.7 Å². The fourth-order valence-corrected chi connectivity index (χ4v) is 6.15. The zero-order valence-corrected chi connectivity index (χ0v) is 20.9. The number of carbonyl (C=O) groups is 2. The van der Waals surface area contributed by atoms with Crippen LogP contribution in [0.4, 0.5) is 0 Å². The van der Waals surface area contributed by atoms with Crippen molar-refractivity contribution < 1.29 is 22.7 Å². The molecule has 2 saturated heterocycles. The standard InChI is InChI=1S/C26H33N3O5S/c1-20(30)23-8-5-9-25(16-23)35(32,33)29-12-10-22(11-13-29)26(31)27-17-24-19-28(14-15-34-24)18-21-6-3-2-4-7-21/h2-9,16,22,24H,10-15,17-19H2,1H3,(H,27,31). The number of rotatable bonds is 8. The van der Waals surface area contributed by atoms with E-state index in [9.17, 15) is 18.0 Å². The topological polar surface area (TPSA) is 96.0 Å². The number of piperidine rings is 1. The minimum absolute atomic E-state index is 0.0515. The maximum Gasteiger partial charge on any atom is 0.243 e. The van der Waals surface area contributed by atoms with Gasteiger partial charge in [0, 0.05) is 50.7 Å². The molecular formula is C26H33N3O5S. The molecule has 1 amide bonds. The molecule has 9 heteroatoms. The smallest absolute Gasteiger partial charge is 0.243 e. The molecule has 0 spiro atoms. The molecule has 8 nitrogen and oxygen atoms in total. The van der Waals surface area contributed by atoms with Crippen molar-refractivity contribution in [3.63, 3.8) is 0 Å². The Hall–Kier alpha value is -2.59. The Labute approximate surface area is 207 Å². The van der Waals surface area contributed by atoms with Crippen molar-refractivity contribution in [2.45, 2.75) is 37.3 Å². The number of morpholine rings is 1. The van der Waals surface area contributed by atoms with Crippen molar-refractivity contribution in [2.24, 2.45) is 5.92 Å². The molecule has 2 aliphatic rings. The van der Waals surface area contributed by atoms with E-state index >= 15 is 0 Å². The summed E-state index contributed by atoms with van der Waals surface area (Å²) in [7, 11) is -3.70. The average molecular weight is 500 g/mol. The molecule has 0 radical (unpaired) electrons. The second kappa shape index (κ2) is 11.4. The molecule has 188 valence electrons. The van der Waals surface area contributed by atoms with Crippen LogP contribution in [0.15, 0.2) is 59.5 Å². The SMILES string of the molecule is CC(=O)c1cccc(S(=O)(=O)N2CCC(C(=O)NCC3CN(Cc4ccccc4)CCO3)CC2)c1. The summed E-state index contributed by atoms with van der Waals surface area (Å²) < 4.78 is 33.3. The van der Waals surface area contributed by atoms with Gasteiger partial charge in [-0.1, -0.05) is 42.5 Å². The lowest BCUT2D eigenvalue weighted by atomic mass is 9.97. The van der Waals surface area contributed by atoms with E-state index in [1.54, 1.807) is 12.1 Å². The highest BCUT2D eigenvalue weighted by Gasteiger charge is 2.32. The second-order valence-corrected chi connectivity index (χ2v) is 11.2. The summed E-state index contributed by atoms with van der Waals surface area (Å²) in [5.41, 5.74) is 1.62. The first-order valence-electron chi connectivity index (χ1n) is 12.1. The predicted octanol–water partition coefficient (Wildman–Crippen LogP) is 2.31. The largest absolute Gasteiger partial charge is 0.374 e. The molecule has 0 aromatic heterocycles. The van der Waals surface area contributed by atoms with Gasteiger partial charge >= 0.3 is 0 Å². The van der Waals surface area contributed by atoms with E-state index in [2.05, 4.69) is 22.3 Å². The first-order valence-corrected chi connectivity index (χ1v) is 13.5. The Kier molecular flexibility index (Phi) is 8.33. The minimum atomic E-state index is -3.70. The fourth-order valence-electron chi connectivity index (χ4n) is 4.63. The fraction of sp³-hybridized carbons (Fsp3) is 0.462. The number of hydrogen-bond acceptors (Lipinski definition) is 6. The zero-order chi connectivity index (χ0) is 24.8. The molecule has 0 bridgehead atoms. The van der Waals surface area contributed by atoms with E-state index in [1.807, 2.05) is 18.2 Å². The third kappa shape index (κ3) is 6.55. The van der Waals surface area contributed by atoms with Crippen LogP contribution in [0, 0.1) is 5.92 Å². The summed E-state index contributed by atoms with van der Waals surface area (Å²) in [6.07, 6.45) is 0.858. The van der Waals surface area contributed by atoms with Crippen LogP contribution in [0.1, 0.15) is 35.7 Å². The highest BCUT2D eigenvalue weighted by Crippen LogP contribution is 2.25. The van der Waals surface area contributed by atoms with Gasteiger partial charge in [-0.05, 0) is 37.5 Å². The van der Waals surface area contributed by atoms with Crippen LogP contribution in [-0.4, -0.2) is 74.7 Å². The van der Waals surface area contributed by atoms with Crippen molar-refractivity contribution in [2.75, 3.05) is 39.3 Å². The number of carbonyl (C=O) groups excluding carboxylic acids is 2. The van der Waals surface area contributed by atoms with Crippen LogP contribution in [0.5, 0.6) is 0 Å². The summed E-state index contributed by atoms with van der Waals surface area (Å²) >= 11 is 0. The van der Waals surface area contributed by atoms with Gasteiger partial charge in [0.1, 0.15) is 0 Å². The molecule has 35 heavy (non-hydrogen) atoms. The zero-order valence-electron chi connectivity index (χ0n) is 20.1. The Morgan fingerprint density at radius 3 is 2.49 bits per heavy atom. The van der Waals surface area contributed by atoms with Gasteiger partial charge in [-0.2, -0.15) is 4.31 Å². The summed E-state index contributed by atoms with van der Waals surface area (Å²) in [5.74, 6) is -0.457. The van der Waals surface area contributed by atoms with Crippen molar-refractivity contribution in [1.82, 2.24) is 14.5 Å². The molecule has 2 heterocycles. The third-order valence-corrected chi connectivity index (χ3v) is 8.57. The maximum absolute atomic E-state index is 13.0. The molecular weight excluding hydrogens is 466 g/mol. The van der Waals surface area contributed by atoms with Crippen LogP contribution >= 0.6 is 0 Å². The summed E-state index contributed by atoms with van der Waals surface area (Å²) in [5, 5.41) is 3.02. The van der Waals surface area contributed by atoms with E-state index in [1.165, 1.54) is 28.9 Å². The van der Waals surface area contributed by atoms with Gasteiger partial charge in [0.05, 0.1) is 17.6 Å². The van der Waals surface area contributed by atoms with Crippen LogP contribution in [0.3, 0.4) is 0 Å². The van der Waals surface area contributed by atoms with Crippen LogP contribution in [0.2, 0.25) is 0 Å². The molecule has 0 aliphatic carbocycles. The van der Waals surface area contributed by atoms with Crippen LogP contribution in [-0.2, 0) is 26.1 Å². The predicted molar refractivity (Wildman–Crippen MR) is 132 cm³/mol. The molecule has 2 fully saturated rings. The van der Waals surface area contributed by atoms with Crippen LogP contribution < -0.4 is 5.32 Å². The summed E-state index contributed by atoms with van der Waals surface area (Å²) in [6, 6.07) is 16.4. The van der Waals surface area contributed by atoms with E-state index < -0.39 is 10.0 Å². The Bertz CT molecular complexity index is 1130. The molecule has 1 unspecified atom stereocenters. The quantitative estimate of drug-likeness (QED) is 0.560. The Morgan fingerprint density at radius 2 is 1.77 bits per heavy atom. The lowest BCUT2D eigenvalue weighted by Gasteiger charge is -2.34. The average Bonchev–Trinajstić information content (AvgIpc) is 2.88. The lowest BCUT2D eigenvalue weighted by molar-refractivity contribution is -0.127. The minimum Gasteiger partial charge on any atom is -0.374 e. The van der Waals surface area contributed by atoms with E-state index in [4.69, 9.17) is 4.74 Å². The number of amides is 1. The molecule has 2 aromatic rings. The van der Waals surface area contributed by atoms with Gasteiger partial charge in [0.25, 0.3) is 0 Å². The third-order valence-electron chi connectivity index (χ3n) is 6.68. The van der Waals surface area contributed by atoms with E-state index in [0.717, 1.165) is 19.6 Å². The molecule has 4 rings (SSSR count). The van der Waals surface area contributed by atoms with Gasteiger partial charge in [0.2, 0.25) is 15.9 Å². The number of ether oxygens (including phenoxy) is 1. The second-order valence-electron chi connectivity index (χ2n) is 9.22. The normalized spacial score (nSPS) is 20.4. The van der Waals surface area contributed by atoms with Gasteiger partial charge in [0.15, 0.2) is 5.78 Å². The highest BCUT2D eigenvalue weighted by molar-refractivity contribution is 7.89. The molecule has 2 aliphatic heterocycles. The highest BCUT2D eigenvalue weighted by atomic mass is 32.2. The lowest BCUT2D eigenvalue weighted by Crippen LogP contribution is -2.49. The van der Waals surface area contributed by atoms with Crippen molar-refractivity contribution in [3.05, 3.63) is 65.7 Å². The summed E-state index contributed by atoms with van der Waals surface area (Å²) in [4.78, 5) is 26.9.